The van der Waals surface area contributed by atoms with Crippen LogP contribution in [0.3, 0.4) is 0 Å². The van der Waals surface area contributed by atoms with Gasteiger partial charge in [0, 0.05) is 31.2 Å². The van der Waals surface area contributed by atoms with Crippen molar-refractivity contribution in [3.63, 3.8) is 0 Å². The molecular formula is C10H15N3O2. The van der Waals surface area contributed by atoms with Crippen molar-refractivity contribution in [3.05, 3.63) is 23.5 Å². The van der Waals surface area contributed by atoms with Crippen LogP contribution in [0, 0.1) is 6.92 Å². The Kier molecular flexibility index (Phi) is 3.62. The van der Waals surface area contributed by atoms with Gasteiger partial charge < -0.3 is 15.7 Å². The van der Waals surface area contributed by atoms with E-state index in [1.165, 1.54) is 11.1 Å². The zero-order chi connectivity index (χ0) is 11.4. The van der Waals surface area contributed by atoms with E-state index in [1.807, 2.05) is 6.92 Å². The molecule has 0 radical (unpaired) electrons. The van der Waals surface area contributed by atoms with Crippen molar-refractivity contribution >= 4 is 11.6 Å². The number of aliphatic hydroxyl groups is 1. The van der Waals surface area contributed by atoms with Crippen LogP contribution in [0.15, 0.2) is 12.3 Å². The Morgan fingerprint density at radius 2 is 2.33 bits per heavy atom. The molecule has 5 heteroatoms. The zero-order valence-corrected chi connectivity index (χ0v) is 8.90. The van der Waals surface area contributed by atoms with Crippen molar-refractivity contribution in [2.75, 3.05) is 25.9 Å². The minimum absolute atomic E-state index is 0.0680. The molecule has 0 unspecified atom stereocenters. The molecule has 1 aromatic rings. The highest BCUT2D eigenvalue weighted by Crippen LogP contribution is 2.13. The van der Waals surface area contributed by atoms with E-state index >= 15 is 0 Å². The molecule has 0 aliphatic heterocycles. The van der Waals surface area contributed by atoms with E-state index in [0.717, 1.165) is 5.69 Å². The van der Waals surface area contributed by atoms with Crippen molar-refractivity contribution in [1.82, 2.24) is 9.88 Å². The number of nitrogens with zero attached hydrogens (tertiary/aromatic N) is 2. The molecule has 0 atom stereocenters. The number of likely N-dealkylation sites (N-methyl/N-ethyl adjacent to an activating group) is 1. The minimum atomic E-state index is -0.228. The van der Waals surface area contributed by atoms with Crippen molar-refractivity contribution in [2.45, 2.75) is 6.92 Å². The van der Waals surface area contributed by atoms with E-state index in [1.54, 1.807) is 13.1 Å². The molecule has 0 aromatic carbocycles. The Bertz CT molecular complexity index is 366. The fraction of sp³-hybridized carbons (Fsp3) is 0.400. The Morgan fingerprint density at radius 3 is 2.87 bits per heavy atom. The Hall–Kier alpha value is -1.62. The molecule has 0 saturated heterocycles. The maximum Gasteiger partial charge on any atom is 0.257 e. The van der Waals surface area contributed by atoms with Gasteiger partial charge in [0.2, 0.25) is 0 Å². The van der Waals surface area contributed by atoms with Gasteiger partial charge in [-0.15, -0.1) is 0 Å². The number of amides is 1. The second-order valence-corrected chi connectivity index (χ2v) is 3.36. The van der Waals surface area contributed by atoms with Crippen molar-refractivity contribution in [1.29, 1.82) is 0 Å². The molecule has 1 heterocycles. The molecule has 3 N–H and O–H groups in total. The van der Waals surface area contributed by atoms with E-state index < -0.39 is 0 Å². The van der Waals surface area contributed by atoms with E-state index in [2.05, 4.69) is 4.98 Å². The summed E-state index contributed by atoms with van der Waals surface area (Å²) < 4.78 is 0. The van der Waals surface area contributed by atoms with Gasteiger partial charge in [-0.3, -0.25) is 9.78 Å². The van der Waals surface area contributed by atoms with Crippen LogP contribution >= 0.6 is 0 Å². The highest BCUT2D eigenvalue weighted by atomic mass is 16.3. The van der Waals surface area contributed by atoms with Crippen LogP contribution in [-0.2, 0) is 0 Å². The second-order valence-electron chi connectivity index (χ2n) is 3.36. The number of anilines is 1. The number of hydrogen-bond donors (Lipinski definition) is 2. The minimum Gasteiger partial charge on any atom is -0.398 e. The second kappa shape index (κ2) is 4.75. The molecular weight excluding hydrogens is 194 g/mol. The number of aromatic nitrogens is 1. The number of carbonyl (C=O) groups is 1. The Labute approximate surface area is 88.5 Å². The first-order valence-corrected chi connectivity index (χ1v) is 4.64. The van der Waals surface area contributed by atoms with Crippen LogP contribution in [0.1, 0.15) is 16.1 Å². The fourth-order valence-electron chi connectivity index (χ4n) is 1.22. The van der Waals surface area contributed by atoms with Crippen LogP contribution in [0.4, 0.5) is 5.69 Å². The molecule has 0 fully saturated rings. The maximum absolute atomic E-state index is 11.8. The lowest BCUT2D eigenvalue weighted by Gasteiger charge is -2.16. The molecule has 82 valence electrons. The first-order chi connectivity index (χ1) is 7.06. The van der Waals surface area contributed by atoms with Crippen LogP contribution in [0.2, 0.25) is 0 Å². The number of aryl methyl sites for hydroxylation is 1. The van der Waals surface area contributed by atoms with Gasteiger partial charge in [-0.25, -0.2) is 0 Å². The lowest BCUT2D eigenvalue weighted by Crippen LogP contribution is -2.30. The number of hydrogen-bond acceptors (Lipinski definition) is 4. The van der Waals surface area contributed by atoms with Crippen LogP contribution < -0.4 is 5.73 Å². The molecule has 1 amide bonds. The first-order valence-electron chi connectivity index (χ1n) is 4.64. The third-order valence-electron chi connectivity index (χ3n) is 2.09. The number of aliphatic hydroxyl groups excluding tert-OH is 1. The summed E-state index contributed by atoms with van der Waals surface area (Å²) in [6, 6.07) is 1.65. The Balaban J connectivity index is 2.91. The predicted octanol–water partition coefficient (Wildman–Crippen LogP) is 0.0365. The van der Waals surface area contributed by atoms with Crippen LogP contribution in [0.25, 0.3) is 0 Å². The average molecular weight is 209 g/mol. The van der Waals surface area contributed by atoms with Crippen LogP contribution in [-0.4, -0.2) is 41.1 Å². The molecule has 1 rings (SSSR count). The van der Waals surface area contributed by atoms with Gasteiger partial charge >= 0.3 is 0 Å². The van der Waals surface area contributed by atoms with E-state index in [-0.39, 0.29) is 19.1 Å². The smallest absolute Gasteiger partial charge is 0.257 e. The lowest BCUT2D eigenvalue weighted by atomic mass is 10.2. The van der Waals surface area contributed by atoms with Gasteiger partial charge in [0.15, 0.2) is 0 Å². The van der Waals surface area contributed by atoms with Gasteiger partial charge in [-0.2, -0.15) is 0 Å². The monoisotopic (exact) mass is 209 g/mol. The summed E-state index contributed by atoms with van der Waals surface area (Å²) in [5.74, 6) is -0.228. The summed E-state index contributed by atoms with van der Waals surface area (Å²) in [6.45, 7) is 2.02. The largest absolute Gasteiger partial charge is 0.398 e. The van der Waals surface area contributed by atoms with Gasteiger partial charge in [-0.1, -0.05) is 0 Å². The number of rotatable bonds is 3. The third kappa shape index (κ3) is 2.66. The summed E-state index contributed by atoms with van der Waals surface area (Å²) in [6.07, 6.45) is 1.46. The number of nitrogen functional groups attached to an aromatic ring is 1. The highest BCUT2D eigenvalue weighted by Gasteiger charge is 2.14. The predicted molar refractivity (Wildman–Crippen MR) is 57.4 cm³/mol. The molecule has 0 saturated carbocycles. The lowest BCUT2D eigenvalue weighted by molar-refractivity contribution is 0.0767. The fourth-order valence-corrected chi connectivity index (χ4v) is 1.22. The number of carbonyl (C=O) groups excluding carboxylic acids is 1. The summed E-state index contributed by atoms with van der Waals surface area (Å²) >= 11 is 0. The van der Waals surface area contributed by atoms with Gasteiger partial charge in [0.25, 0.3) is 5.91 Å². The SMILES string of the molecule is Cc1cc(N)c(C(=O)N(C)CCO)cn1. The van der Waals surface area contributed by atoms with Crippen molar-refractivity contribution < 1.29 is 9.90 Å². The zero-order valence-electron chi connectivity index (χ0n) is 8.90. The van der Waals surface area contributed by atoms with Gasteiger partial charge in [0.05, 0.1) is 12.2 Å². The summed E-state index contributed by atoms with van der Waals surface area (Å²) in [5.41, 5.74) is 7.26. The average Bonchev–Trinajstić information content (AvgIpc) is 2.17. The van der Waals surface area contributed by atoms with Gasteiger partial charge in [-0.05, 0) is 13.0 Å². The van der Waals surface area contributed by atoms with E-state index in [0.29, 0.717) is 11.3 Å². The molecule has 5 nitrogen and oxygen atoms in total. The Morgan fingerprint density at radius 1 is 1.67 bits per heavy atom. The quantitative estimate of drug-likeness (QED) is 0.736. The maximum atomic E-state index is 11.8. The van der Waals surface area contributed by atoms with Crippen molar-refractivity contribution in [2.24, 2.45) is 0 Å². The first kappa shape index (κ1) is 11.5. The third-order valence-corrected chi connectivity index (χ3v) is 2.09. The highest BCUT2D eigenvalue weighted by molar-refractivity contribution is 5.98. The summed E-state index contributed by atoms with van der Waals surface area (Å²) in [5, 5.41) is 8.71. The van der Waals surface area contributed by atoms with Gasteiger partial charge in [0.1, 0.15) is 0 Å². The molecule has 0 spiro atoms. The summed E-state index contributed by atoms with van der Waals surface area (Å²) in [7, 11) is 1.61. The van der Waals surface area contributed by atoms with E-state index in [9.17, 15) is 4.79 Å². The topological polar surface area (TPSA) is 79.5 Å². The molecule has 0 bridgehead atoms. The van der Waals surface area contributed by atoms with E-state index in [4.69, 9.17) is 10.8 Å². The standard InChI is InChI=1S/C10H15N3O2/c1-7-5-9(11)8(6-12-7)10(15)13(2)3-4-14/h5-6,14H,3-4H2,1-2H3,(H2,11,12). The molecule has 1 aromatic heterocycles. The molecule has 15 heavy (non-hydrogen) atoms. The number of pyridine rings is 1. The molecule has 0 aliphatic rings. The van der Waals surface area contributed by atoms with Crippen molar-refractivity contribution in [3.8, 4) is 0 Å². The summed E-state index contributed by atoms with van der Waals surface area (Å²) in [4.78, 5) is 17.2. The normalized spacial score (nSPS) is 10.1. The van der Waals surface area contributed by atoms with Crippen LogP contribution in [0.5, 0.6) is 0 Å². The molecule has 0 aliphatic carbocycles. The number of nitrogens with two attached hydrogens (primary N) is 1.